The minimum atomic E-state index is -4.21. The van der Waals surface area contributed by atoms with Crippen molar-refractivity contribution >= 4 is 39.1 Å². The first kappa shape index (κ1) is 33.6. The summed E-state index contributed by atoms with van der Waals surface area (Å²) in [6.07, 6.45) is 0.960. The van der Waals surface area contributed by atoms with Crippen LogP contribution in [0.25, 0.3) is 0 Å². The average molecular weight is 648 g/mol. The highest BCUT2D eigenvalue weighted by Crippen LogP contribution is 2.27. The van der Waals surface area contributed by atoms with Gasteiger partial charge >= 0.3 is 0 Å². The van der Waals surface area contributed by atoms with Gasteiger partial charge in [0.25, 0.3) is 10.0 Å². The normalized spacial score (nSPS) is 11.8. The van der Waals surface area contributed by atoms with Gasteiger partial charge in [0.1, 0.15) is 18.3 Å². The van der Waals surface area contributed by atoms with E-state index in [0.29, 0.717) is 23.0 Å². The second kappa shape index (κ2) is 15.6. The van der Waals surface area contributed by atoms with Gasteiger partial charge in [-0.1, -0.05) is 78.7 Å². The molecule has 0 bridgehead atoms. The van der Waals surface area contributed by atoms with Crippen LogP contribution in [-0.4, -0.2) is 51.4 Å². The predicted molar refractivity (Wildman–Crippen MR) is 178 cm³/mol. The average Bonchev–Trinajstić information content (AvgIpc) is 3.05. The topological polar surface area (TPSA) is 96.0 Å². The fourth-order valence-electron chi connectivity index (χ4n) is 4.82. The van der Waals surface area contributed by atoms with Crippen LogP contribution in [0.3, 0.4) is 0 Å². The zero-order valence-corrected chi connectivity index (χ0v) is 27.2. The van der Waals surface area contributed by atoms with Crippen molar-refractivity contribution in [3.05, 3.63) is 125 Å². The van der Waals surface area contributed by atoms with Gasteiger partial charge in [-0.3, -0.25) is 13.9 Å². The highest BCUT2D eigenvalue weighted by molar-refractivity contribution is 7.92. The number of sulfonamides is 1. The predicted octanol–water partition coefficient (Wildman–Crippen LogP) is 6.02. The van der Waals surface area contributed by atoms with E-state index in [1.165, 1.54) is 24.1 Å². The summed E-state index contributed by atoms with van der Waals surface area (Å²) in [5.41, 5.74) is 2.87. The molecular weight excluding hydrogens is 610 g/mol. The molecule has 0 unspecified atom stereocenters. The smallest absolute Gasteiger partial charge is 0.264 e. The standard InChI is InChI=1S/C35H38ClN3O5S/c1-4-22-37-35(41)33(23-27-8-6-5-7-9-27)38(24-28-12-14-29(36)15-13-28)34(40)25-39(30-16-10-26(2)11-17-30)45(42,43)32-20-18-31(44-3)19-21-32/h5-21,33H,4,22-25H2,1-3H3,(H,37,41)/t33-/m1/s1. The molecular formula is C35H38ClN3O5S. The molecule has 8 nitrogen and oxygen atoms in total. The first-order valence-corrected chi connectivity index (χ1v) is 16.5. The number of rotatable bonds is 14. The largest absolute Gasteiger partial charge is 0.497 e. The zero-order chi connectivity index (χ0) is 32.4. The van der Waals surface area contributed by atoms with E-state index < -0.39 is 28.5 Å². The molecule has 4 rings (SSSR count). The van der Waals surface area contributed by atoms with Crippen LogP contribution in [-0.2, 0) is 32.6 Å². The van der Waals surface area contributed by atoms with Gasteiger partial charge < -0.3 is 15.0 Å². The Kier molecular flexibility index (Phi) is 11.6. The molecule has 0 saturated heterocycles. The Morgan fingerprint density at radius 1 is 0.867 bits per heavy atom. The number of hydrogen-bond acceptors (Lipinski definition) is 5. The lowest BCUT2D eigenvalue weighted by atomic mass is 10.0. The molecule has 236 valence electrons. The molecule has 0 aromatic heterocycles. The summed E-state index contributed by atoms with van der Waals surface area (Å²) in [5, 5.41) is 3.48. The Balaban J connectivity index is 1.78. The second-order valence-electron chi connectivity index (χ2n) is 10.7. The van der Waals surface area contributed by atoms with Gasteiger partial charge in [0.15, 0.2) is 0 Å². The van der Waals surface area contributed by atoms with E-state index in [1.807, 2.05) is 44.2 Å². The van der Waals surface area contributed by atoms with Crippen LogP contribution in [0.4, 0.5) is 5.69 Å². The number of anilines is 1. The molecule has 0 spiro atoms. The number of benzene rings is 4. The van der Waals surface area contributed by atoms with Crippen molar-refractivity contribution in [2.75, 3.05) is 24.5 Å². The molecule has 0 aliphatic carbocycles. The first-order chi connectivity index (χ1) is 21.6. The summed E-state index contributed by atoms with van der Waals surface area (Å²) in [6.45, 7) is 3.82. The quantitative estimate of drug-likeness (QED) is 0.181. The van der Waals surface area contributed by atoms with Crippen LogP contribution in [0.2, 0.25) is 5.02 Å². The number of nitrogens with zero attached hydrogens (tertiary/aromatic N) is 2. The second-order valence-corrected chi connectivity index (χ2v) is 13.0. The van der Waals surface area contributed by atoms with Gasteiger partial charge in [0, 0.05) is 24.5 Å². The number of methoxy groups -OCH3 is 1. The summed E-state index contributed by atoms with van der Waals surface area (Å²) in [5.74, 6) is -0.346. The molecule has 0 radical (unpaired) electrons. The van der Waals surface area contributed by atoms with Crippen molar-refractivity contribution in [1.29, 1.82) is 0 Å². The summed E-state index contributed by atoms with van der Waals surface area (Å²) in [6, 6.07) is 28.5. The number of carbonyl (C=O) groups is 2. The number of hydrogen-bond donors (Lipinski definition) is 1. The Bertz CT molecular complexity index is 1660. The SMILES string of the molecule is CCCNC(=O)[C@@H](Cc1ccccc1)N(Cc1ccc(Cl)cc1)C(=O)CN(c1ccc(C)cc1)S(=O)(=O)c1ccc(OC)cc1. The summed E-state index contributed by atoms with van der Waals surface area (Å²) in [7, 11) is -2.71. The number of carbonyl (C=O) groups excluding carboxylic acids is 2. The lowest BCUT2D eigenvalue weighted by Crippen LogP contribution is -2.53. The molecule has 0 fully saturated rings. The Morgan fingerprint density at radius 2 is 1.51 bits per heavy atom. The molecule has 10 heteroatoms. The van der Waals surface area contributed by atoms with Gasteiger partial charge in [0.05, 0.1) is 17.7 Å². The molecule has 2 amide bonds. The molecule has 1 atom stereocenters. The van der Waals surface area contributed by atoms with Crippen molar-refractivity contribution in [3.8, 4) is 5.75 Å². The number of ether oxygens (including phenoxy) is 1. The number of nitrogens with one attached hydrogen (secondary N) is 1. The number of halogens is 1. The van der Waals surface area contributed by atoms with Crippen LogP contribution in [0, 0.1) is 6.92 Å². The number of aryl methyl sites for hydroxylation is 1. The monoisotopic (exact) mass is 647 g/mol. The fraction of sp³-hybridized carbons (Fsp3) is 0.257. The third kappa shape index (κ3) is 8.86. The van der Waals surface area contributed by atoms with Gasteiger partial charge in [-0.2, -0.15) is 0 Å². The molecule has 0 aliphatic heterocycles. The van der Waals surface area contributed by atoms with Crippen molar-refractivity contribution in [3.63, 3.8) is 0 Å². The van der Waals surface area contributed by atoms with Gasteiger partial charge in [-0.25, -0.2) is 8.42 Å². The molecule has 4 aromatic rings. The highest BCUT2D eigenvalue weighted by atomic mass is 35.5. The summed E-state index contributed by atoms with van der Waals surface area (Å²) < 4.78 is 34.6. The molecule has 4 aromatic carbocycles. The van der Waals surface area contributed by atoms with E-state index in [4.69, 9.17) is 16.3 Å². The summed E-state index contributed by atoms with van der Waals surface area (Å²) in [4.78, 5) is 29.6. The van der Waals surface area contributed by atoms with E-state index in [9.17, 15) is 18.0 Å². The van der Waals surface area contributed by atoms with Crippen molar-refractivity contribution in [2.24, 2.45) is 0 Å². The van der Waals surface area contributed by atoms with Gasteiger partial charge in [0.2, 0.25) is 11.8 Å². The number of amides is 2. The van der Waals surface area contributed by atoms with E-state index >= 15 is 0 Å². The maximum atomic E-state index is 14.4. The highest BCUT2D eigenvalue weighted by Gasteiger charge is 2.34. The minimum absolute atomic E-state index is 0.00227. The van der Waals surface area contributed by atoms with E-state index in [-0.39, 0.29) is 23.8 Å². The molecule has 0 saturated carbocycles. The van der Waals surface area contributed by atoms with Gasteiger partial charge in [-0.05, 0) is 73.0 Å². The maximum absolute atomic E-state index is 14.4. The van der Waals surface area contributed by atoms with Gasteiger partial charge in [-0.15, -0.1) is 0 Å². The summed E-state index contributed by atoms with van der Waals surface area (Å²) >= 11 is 6.14. The van der Waals surface area contributed by atoms with Crippen LogP contribution >= 0.6 is 11.6 Å². The van der Waals surface area contributed by atoms with Crippen molar-refractivity contribution in [1.82, 2.24) is 10.2 Å². The van der Waals surface area contributed by atoms with Crippen LogP contribution in [0.15, 0.2) is 108 Å². The third-order valence-corrected chi connectivity index (χ3v) is 9.37. The lowest BCUT2D eigenvalue weighted by molar-refractivity contribution is -0.140. The third-order valence-electron chi connectivity index (χ3n) is 7.33. The van der Waals surface area contributed by atoms with Crippen LogP contribution in [0.1, 0.15) is 30.0 Å². The van der Waals surface area contributed by atoms with Crippen molar-refractivity contribution < 1.29 is 22.7 Å². The molecule has 0 aliphatic rings. The Morgan fingerprint density at radius 3 is 2.11 bits per heavy atom. The Labute approximate surface area is 270 Å². The van der Waals surface area contributed by atoms with E-state index in [2.05, 4.69) is 5.32 Å². The molecule has 0 heterocycles. The lowest BCUT2D eigenvalue weighted by Gasteiger charge is -2.34. The minimum Gasteiger partial charge on any atom is -0.497 e. The first-order valence-electron chi connectivity index (χ1n) is 14.7. The van der Waals surface area contributed by atoms with Crippen LogP contribution in [0.5, 0.6) is 5.75 Å². The van der Waals surface area contributed by atoms with Crippen molar-refractivity contribution in [2.45, 2.75) is 44.2 Å². The maximum Gasteiger partial charge on any atom is 0.264 e. The molecule has 45 heavy (non-hydrogen) atoms. The Hall–Kier alpha value is -4.34. The van der Waals surface area contributed by atoms with Crippen LogP contribution < -0.4 is 14.4 Å². The fourth-order valence-corrected chi connectivity index (χ4v) is 6.36. The van der Waals surface area contributed by atoms with E-state index in [0.717, 1.165) is 27.4 Å². The molecule has 1 N–H and O–H groups in total. The zero-order valence-electron chi connectivity index (χ0n) is 25.6. The van der Waals surface area contributed by atoms with E-state index in [1.54, 1.807) is 60.7 Å².